The van der Waals surface area contributed by atoms with Crippen molar-refractivity contribution in [1.29, 1.82) is 0 Å². The fourth-order valence-electron chi connectivity index (χ4n) is 4.24. The Morgan fingerprint density at radius 2 is 1.64 bits per heavy atom. The van der Waals surface area contributed by atoms with Gasteiger partial charge in [-0.25, -0.2) is 0 Å². The van der Waals surface area contributed by atoms with Crippen LogP contribution in [0.1, 0.15) is 51.2 Å². The lowest BCUT2D eigenvalue weighted by atomic mass is 10.0. The van der Waals surface area contributed by atoms with Crippen LogP contribution in [0.5, 0.6) is 0 Å². The predicted octanol–water partition coefficient (Wildman–Crippen LogP) is 2.92. The predicted molar refractivity (Wildman–Crippen MR) is 108 cm³/mol. The highest BCUT2D eigenvalue weighted by Gasteiger charge is 2.40. The summed E-state index contributed by atoms with van der Waals surface area (Å²) in [4.78, 5) is 28.8. The van der Waals surface area contributed by atoms with Crippen LogP contribution >= 0.6 is 0 Å². The molecule has 0 N–H and O–H groups in total. The molecular weight excluding hydrogens is 356 g/mol. The topological polar surface area (TPSA) is 59.1 Å². The summed E-state index contributed by atoms with van der Waals surface area (Å²) in [6, 6.07) is 6.18. The Balaban J connectivity index is 1.65. The number of rotatable bonds is 6. The van der Waals surface area contributed by atoms with Gasteiger partial charge in [-0.1, -0.05) is 32.0 Å². The summed E-state index contributed by atoms with van der Waals surface area (Å²) in [5.74, 6) is -0.405. The molecule has 2 heterocycles. The molecule has 0 unspecified atom stereocenters. The average molecular weight is 389 g/mol. The van der Waals surface area contributed by atoms with E-state index in [1.807, 2.05) is 11.0 Å². The van der Waals surface area contributed by atoms with Gasteiger partial charge in [-0.2, -0.15) is 0 Å². The van der Waals surface area contributed by atoms with Crippen LogP contribution in [0, 0.1) is 0 Å². The first-order valence-electron chi connectivity index (χ1n) is 10.4. The number of hydrogen-bond donors (Lipinski definition) is 0. The average Bonchev–Trinajstić information content (AvgIpc) is 3.16. The fourth-order valence-corrected chi connectivity index (χ4v) is 4.24. The lowest BCUT2D eigenvalue weighted by Crippen LogP contribution is -2.48. The van der Waals surface area contributed by atoms with Crippen molar-refractivity contribution in [1.82, 2.24) is 4.90 Å². The fraction of sp³-hybridized carbons (Fsp3) is 0.636. The minimum Gasteiger partial charge on any atom is -0.347 e. The monoisotopic (exact) mass is 388 g/mol. The molecule has 6 heteroatoms. The zero-order valence-corrected chi connectivity index (χ0v) is 17.3. The van der Waals surface area contributed by atoms with Gasteiger partial charge >= 0.3 is 0 Å². The van der Waals surface area contributed by atoms with E-state index in [1.165, 1.54) is 0 Å². The first kappa shape index (κ1) is 20.8. The normalized spacial score (nSPS) is 18.5. The van der Waals surface area contributed by atoms with Crippen LogP contribution in [0.3, 0.4) is 0 Å². The quantitative estimate of drug-likeness (QED) is 0.752. The van der Waals surface area contributed by atoms with Crippen LogP contribution in [-0.4, -0.2) is 55.3 Å². The van der Waals surface area contributed by atoms with E-state index in [9.17, 15) is 9.59 Å². The van der Waals surface area contributed by atoms with E-state index in [4.69, 9.17) is 9.47 Å². The van der Waals surface area contributed by atoms with E-state index in [2.05, 4.69) is 26.0 Å². The van der Waals surface area contributed by atoms with Crippen LogP contribution < -0.4 is 4.90 Å². The molecule has 2 aliphatic rings. The Labute approximate surface area is 167 Å². The van der Waals surface area contributed by atoms with Gasteiger partial charge in [-0.05, 0) is 24.0 Å². The van der Waals surface area contributed by atoms with Crippen molar-refractivity contribution in [3.63, 3.8) is 0 Å². The second-order valence-corrected chi connectivity index (χ2v) is 7.54. The molecule has 2 saturated heterocycles. The third-order valence-corrected chi connectivity index (χ3v) is 5.86. The third kappa shape index (κ3) is 4.39. The molecule has 6 nitrogen and oxygen atoms in total. The van der Waals surface area contributed by atoms with Crippen LogP contribution in [0.4, 0.5) is 5.69 Å². The Morgan fingerprint density at radius 1 is 1.07 bits per heavy atom. The van der Waals surface area contributed by atoms with Crippen molar-refractivity contribution in [2.45, 2.75) is 58.7 Å². The maximum atomic E-state index is 12.8. The molecule has 1 aromatic rings. The molecule has 154 valence electrons. The standard InChI is InChI=1S/C22H32N2O4/c1-4-18-7-6-8-19(5-2)21(18)24(17(3)25)12-9-20(26)23-13-10-22(11-14-23)27-15-16-28-22/h6-8H,4-5,9-16H2,1-3H3. The van der Waals surface area contributed by atoms with Crippen molar-refractivity contribution >= 4 is 17.5 Å². The maximum absolute atomic E-state index is 12.8. The summed E-state index contributed by atoms with van der Waals surface area (Å²) in [6.07, 6.45) is 3.47. The van der Waals surface area contributed by atoms with E-state index in [0.717, 1.165) is 29.7 Å². The highest BCUT2D eigenvalue weighted by Crippen LogP contribution is 2.32. The number of para-hydroxylation sites is 1. The van der Waals surface area contributed by atoms with Crippen molar-refractivity contribution in [2.75, 3.05) is 37.7 Å². The Hall–Kier alpha value is -1.92. The molecule has 1 aromatic carbocycles. The number of amides is 2. The molecule has 0 radical (unpaired) electrons. The van der Waals surface area contributed by atoms with Gasteiger partial charge in [0, 0.05) is 51.5 Å². The van der Waals surface area contributed by atoms with Crippen LogP contribution in [-0.2, 0) is 31.9 Å². The first-order chi connectivity index (χ1) is 13.5. The maximum Gasteiger partial charge on any atom is 0.224 e. The second kappa shape index (κ2) is 9.05. The molecule has 0 aliphatic carbocycles. The van der Waals surface area contributed by atoms with Crippen LogP contribution in [0.2, 0.25) is 0 Å². The summed E-state index contributed by atoms with van der Waals surface area (Å²) in [5, 5.41) is 0. The lowest BCUT2D eigenvalue weighted by Gasteiger charge is -2.38. The van der Waals surface area contributed by atoms with Gasteiger partial charge in [0.1, 0.15) is 0 Å². The summed E-state index contributed by atoms with van der Waals surface area (Å²) in [7, 11) is 0. The smallest absolute Gasteiger partial charge is 0.224 e. The van der Waals surface area contributed by atoms with Gasteiger partial charge in [0.05, 0.1) is 13.2 Å². The van der Waals surface area contributed by atoms with Crippen LogP contribution in [0.25, 0.3) is 0 Å². The molecule has 0 aromatic heterocycles. The number of likely N-dealkylation sites (tertiary alicyclic amines) is 1. The van der Waals surface area contributed by atoms with Crippen molar-refractivity contribution in [2.24, 2.45) is 0 Å². The molecule has 1 spiro atoms. The van der Waals surface area contributed by atoms with Crippen molar-refractivity contribution in [3.8, 4) is 0 Å². The molecule has 3 rings (SSSR count). The molecule has 28 heavy (non-hydrogen) atoms. The van der Waals surface area contributed by atoms with Crippen molar-refractivity contribution in [3.05, 3.63) is 29.3 Å². The van der Waals surface area contributed by atoms with E-state index < -0.39 is 5.79 Å². The lowest BCUT2D eigenvalue weighted by molar-refractivity contribution is -0.187. The summed E-state index contributed by atoms with van der Waals surface area (Å²) in [5.41, 5.74) is 3.29. The van der Waals surface area contributed by atoms with E-state index in [-0.39, 0.29) is 11.8 Å². The molecule has 2 aliphatic heterocycles. The van der Waals surface area contributed by atoms with E-state index in [1.54, 1.807) is 11.8 Å². The summed E-state index contributed by atoms with van der Waals surface area (Å²) >= 11 is 0. The van der Waals surface area contributed by atoms with Gasteiger partial charge < -0.3 is 19.3 Å². The van der Waals surface area contributed by atoms with Gasteiger partial charge in [0.25, 0.3) is 0 Å². The third-order valence-electron chi connectivity index (χ3n) is 5.86. The zero-order valence-electron chi connectivity index (χ0n) is 17.3. The largest absolute Gasteiger partial charge is 0.347 e. The van der Waals surface area contributed by atoms with Crippen molar-refractivity contribution < 1.29 is 19.1 Å². The Bertz CT molecular complexity index is 680. The van der Waals surface area contributed by atoms with E-state index >= 15 is 0 Å². The highest BCUT2D eigenvalue weighted by molar-refractivity contribution is 5.94. The number of aryl methyl sites for hydroxylation is 2. The number of nitrogens with zero attached hydrogens (tertiary/aromatic N) is 2. The molecule has 0 atom stereocenters. The van der Waals surface area contributed by atoms with E-state index in [0.29, 0.717) is 52.1 Å². The Morgan fingerprint density at radius 3 is 2.14 bits per heavy atom. The zero-order chi connectivity index (χ0) is 20.1. The number of anilines is 1. The SMILES string of the molecule is CCc1cccc(CC)c1N(CCC(=O)N1CCC2(CC1)OCCO2)C(C)=O. The first-order valence-corrected chi connectivity index (χ1v) is 10.4. The van der Waals surface area contributed by atoms with Gasteiger partial charge in [-0.15, -0.1) is 0 Å². The molecule has 0 saturated carbocycles. The Kier molecular flexibility index (Phi) is 6.73. The minimum atomic E-state index is -0.474. The number of carbonyl (C=O) groups excluding carboxylic acids is 2. The number of piperidine rings is 1. The van der Waals surface area contributed by atoms with Gasteiger partial charge in [0.2, 0.25) is 11.8 Å². The second-order valence-electron chi connectivity index (χ2n) is 7.54. The van der Waals surface area contributed by atoms with Gasteiger partial charge in [0.15, 0.2) is 5.79 Å². The highest BCUT2D eigenvalue weighted by atomic mass is 16.7. The summed E-state index contributed by atoms with van der Waals surface area (Å²) < 4.78 is 11.5. The molecular formula is C22H32N2O4. The number of ether oxygens (including phenoxy) is 2. The number of carbonyl (C=O) groups is 2. The number of benzene rings is 1. The number of hydrogen-bond acceptors (Lipinski definition) is 4. The molecule has 0 bridgehead atoms. The summed E-state index contributed by atoms with van der Waals surface area (Å²) in [6.45, 7) is 8.74. The van der Waals surface area contributed by atoms with Gasteiger partial charge in [-0.3, -0.25) is 9.59 Å². The van der Waals surface area contributed by atoms with Crippen LogP contribution in [0.15, 0.2) is 18.2 Å². The minimum absolute atomic E-state index is 0.0197. The molecule has 2 fully saturated rings. The molecule has 2 amide bonds.